The highest BCUT2D eigenvalue weighted by Crippen LogP contribution is 2.10. The second-order valence-electron chi connectivity index (χ2n) is 8.73. The number of nitrogens with one attached hydrogen (secondary N) is 3. The van der Waals surface area contributed by atoms with Crippen LogP contribution in [0.25, 0.3) is 0 Å². The fourth-order valence-electron chi connectivity index (χ4n) is 2.86. The highest BCUT2D eigenvalue weighted by molar-refractivity contribution is 5.93. The van der Waals surface area contributed by atoms with Crippen LogP contribution in [0.2, 0.25) is 0 Å². The third-order valence-electron chi connectivity index (χ3n) is 4.16. The van der Waals surface area contributed by atoms with Crippen LogP contribution in [0, 0.1) is 17.8 Å². The molecule has 29 heavy (non-hydrogen) atoms. The minimum absolute atomic E-state index is 0.0912. The van der Waals surface area contributed by atoms with Gasteiger partial charge in [-0.25, -0.2) is 0 Å². The molecule has 9 nitrogen and oxygen atoms in total. The number of carboxylic acid groups (broad SMARTS) is 1. The molecule has 6 N–H and O–H groups in total. The van der Waals surface area contributed by atoms with Crippen LogP contribution < -0.4 is 21.7 Å². The molecule has 168 valence electrons. The number of rotatable bonds is 13. The summed E-state index contributed by atoms with van der Waals surface area (Å²) in [6, 6.07) is -2.44. The fourth-order valence-corrected chi connectivity index (χ4v) is 2.86. The average Bonchev–Trinajstić information content (AvgIpc) is 2.56. The van der Waals surface area contributed by atoms with Crippen molar-refractivity contribution in [1.82, 2.24) is 16.0 Å². The maximum Gasteiger partial charge on any atom is 0.322 e. The van der Waals surface area contributed by atoms with Crippen LogP contribution in [0.4, 0.5) is 0 Å². The first-order valence-corrected chi connectivity index (χ1v) is 10.2. The van der Waals surface area contributed by atoms with Crippen LogP contribution >= 0.6 is 0 Å². The molecule has 0 heterocycles. The summed E-state index contributed by atoms with van der Waals surface area (Å²) in [5.74, 6) is -2.18. The highest BCUT2D eigenvalue weighted by atomic mass is 16.4. The minimum Gasteiger partial charge on any atom is -0.480 e. The predicted molar refractivity (Wildman–Crippen MR) is 111 cm³/mol. The molecule has 9 heteroatoms. The lowest BCUT2D eigenvalue weighted by molar-refractivity contribution is -0.138. The number of carboxylic acids is 1. The van der Waals surface area contributed by atoms with Gasteiger partial charge in [0, 0.05) is 0 Å². The zero-order valence-electron chi connectivity index (χ0n) is 18.5. The molecular weight excluding hydrogens is 376 g/mol. The van der Waals surface area contributed by atoms with Crippen molar-refractivity contribution in [3.05, 3.63) is 0 Å². The largest absolute Gasteiger partial charge is 0.480 e. The summed E-state index contributed by atoms with van der Waals surface area (Å²) >= 11 is 0. The third-order valence-corrected chi connectivity index (χ3v) is 4.16. The number of hydrogen-bond donors (Lipinski definition) is 5. The Kier molecular flexibility index (Phi) is 12.2. The molecule has 0 saturated heterocycles. The molecule has 3 unspecified atom stereocenters. The number of hydrogen-bond acceptors (Lipinski definition) is 5. The Morgan fingerprint density at radius 3 is 1.55 bits per heavy atom. The molecule has 0 radical (unpaired) electrons. The van der Waals surface area contributed by atoms with Gasteiger partial charge in [-0.2, -0.15) is 0 Å². The van der Waals surface area contributed by atoms with Gasteiger partial charge in [-0.1, -0.05) is 41.5 Å². The molecule has 0 aliphatic rings. The van der Waals surface area contributed by atoms with Crippen molar-refractivity contribution in [2.45, 2.75) is 78.9 Å². The molecule has 0 fully saturated rings. The van der Waals surface area contributed by atoms with Gasteiger partial charge in [0.2, 0.25) is 17.7 Å². The van der Waals surface area contributed by atoms with E-state index < -0.39 is 48.4 Å². The van der Waals surface area contributed by atoms with E-state index in [-0.39, 0.29) is 17.8 Å². The number of amides is 3. The SMILES string of the molecule is CC(C)CC(N)C(=O)NC(CC(C)C)C(=O)NC(CC(C)C)C(=O)NCC(=O)O. The van der Waals surface area contributed by atoms with Crippen LogP contribution in [0.1, 0.15) is 60.8 Å². The summed E-state index contributed by atoms with van der Waals surface area (Å²) in [6.07, 6.45) is 1.22. The van der Waals surface area contributed by atoms with E-state index in [2.05, 4.69) is 16.0 Å². The van der Waals surface area contributed by atoms with Gasteiger partial charge >= 0.3 is 5.97 Å². The van der Waals surface area contributed by atoms with Gasteiger partial charge < -0.3 is 26.8 Å². The van der Waals surface area contributed by atoms with Crippen LogP contribution in [-0.2, 0) is 19.2 Å². The third kappa shape index (κ3) is 12.1. The molecule has 0 bridgehead atoms. The summed E-state index contributed by atoms with van der Waals surface area (Å²) in [4.78, 5) is 48.2. The molecule has 3 amide bonds. The van der Waals surface area contributed by atoms with Crippen molar-refractivity contribution in [3.8, 4) is 0 Å². The van der Waals surface area contributed by atoms with E-state index in [1.807, 2.05) is 41.5 Å². The van der Waals surface area contributed by atoms with Gasteiger partial charge in [-0.15, -0.1) is 0 Å². The molecule has 0 aromatic heterocycles. The van der Waals surface area contributed by atoms with Crippen LogP contribution in [0.5, 0.6) is 0 Å². The zero-order valence-corrected chi connectivity index (χ0v) is 18.5. The lowest BCUT2D eigenvalue weighted by Crippen LogP contribution is -2.56. The molecule has 0 aliphatic heterocycles. The van der Waals surface area contributed by atoms with Crippen molar-refractivity contribution in [3.63, 3.8) is 0 Å². The van der Waals surface area contributed by atoms with E-state index >= 15 is 0 Å². The molecule has 0 saturated carbocycles. The Morgan fingerprint density at radius 1 is 0.724 bits per heavy atom. The average molecular weight is 415 g/mol. The maximum atomic E-state index is 12.8. The standard InChI is InChI=1S/C20H38N4O5/c1-11(2)7-14(21)18(27)23-16(9-13(5)6)20(29)24-15(8-12(3)4)19(28)22-10-17(25)26/h11-16H,7-10,21H2,1-6H3,(H,22,28)(H,23,27)(H,24,29)(H,25,26). The topological polar surface area (TPSA) is 151 Å². The van der Waals surface area contributed by atoms with Crippen LogP contribution in [-0.4, -0.2) is 53.5 Å². The van der Waals surface area contributed by atoms with E-state index in [0.29, 0.717) is 19.3 Å². The first kappa shape index (κ1) is 26.8. The molecule has 0 aromatic rings. The Hall–Kier alpha value is -2.16. The van der Waals surface area contributed by atoms with Crippen molar-refractivity contribution in [1.29, 1.82) is 0 Å². The number of aliphatic carboxylic acids is 1. The molecular formula is C20H38N4O5. The van der Waals surface area contributed by atoms with Gasteiger partial charge in [0.1, 0.15) is 18.6 Å². The predicted octanol–water partition coefficient (Wildman–Crippen LogP) is 0.622. The minimum atomic E-state index is -1.17. The fraction of sp³-hybridized carbons (Fsp3) is 0.800. The Morgan fingerprint density at radius 2 is 1.14 bits per heavy atom. The van der Waals surface area contributed by atoms with Crippen LogP contribution in [0.3, 0.4) is 0 Å². The second kappa shape index (κ2) is 13.1. The quantitative estimate of drug-likeness (QED) is 0.298. The van der Waals surface area contributed by atoms with E-state index in [1.54, 1.807) is 0 Å². The Labute approximate surface area is 173 Å². The molecule has 3 atom stereocenters. The Balaban J connectivity index is 5.23. The summed E-state index contributed by atoms with van der Waals surface area (Å²) in [6.45, 7) is 11.0. The normalized spacial score (nSPS) is 14.4. The summed E-state index contributed by atoms with van der Waals surface area (Å²) < 4.78 is 0. The van der Waals surface area contributed by atoms with Gasteiger partial charge in [0.05, 0.1) is 6.04 Å². The maximum absolute atomic E-state index is 12.8. The number of carbonyl (C=O) groups excluding carboxylic acids is 3. The Bertz CT molecular complexity index is 563. The van der Waals surface area contributed by atoms with Gasteiger partial charge in [0.25, 0.3) is 0 Å². The van der Waals surface area contributed by atoms with Crippen molar-refractivity contribution < 1.29 is 24.3 Å². The zero-order chi connectivity index (χ0) is 22.7. The van der Waals surface area contributed by atoms with Crippen molar-refractivity contribution in [2.24, 2.45) is 23.5 Å². The van der Waals surface area contributed by atoms with Gasteiger partial charge in [0.15, 0.2) is 0 Å². The van der Waals surface area contributed by atoms with Gasteiger partial charge in [-0.3, -0.25) is 19.2 Å². The number of nitrogens with two attached hydrogens (primary N) is 1. The summed E-state index contributed by atoms with van der Waals surface area (Å²) in [7, 11) is 0. The van der Waals surface area contributed by atoms with Crippen molar-refractivity contribution >= 4 is 23.7 Å². The summed E-state index contributed by atoms with van der Waals surface area (Å²) in [5.41, 5.74) is 5.92. The lowest BCUT2D eigenvalue weighted by Gasteiger charge is -2.26. The monoisotopic (exact) mass is 414 g/mol. The molecule has 0 rings (SSSR count). The second-order valence-corrected chi connectivity index (χ2v) is 8.73. The van der Waals surface area contributed by atoms with E-state index in [9.17, 15) is 19.2 Å². The van der Waals surface area contributed by atoms with E-state index in [0.717, 1.165) is 0 Å². The molecule has 0 spiro atoms. The smallest absolute Gasteiger partial charge is 0.322 e. The van der Waals surface area contributed by atoms with Crippen LogP contribution in [0.15, 0.2) is 0 Å². The van der Waals surface area contributed by atoms with E-state index in [4.69, 9.17) is 10.8 Å². The number of carbonyl (C=O) groups is 4. The molecule has 0 aromatic carbocycles. The highest BCUT2D eigenvalue weighted by Gasteiger charge is 2.29. The van der Waals surface area contributed by atoms with Crippen molar-refractivity contribution in [2.75, 3.05) is 6.54 Å². The first-order valence-electron chi connectivity index (χ1n) is 10.2. The van der Waals surface area contributed by atoms with Gasteiger partial charge in [-0.05, 0) is 37.0 Å². The molecule has 0 aliphatic carbocycles. The lowest BCUT2D eigenvalue weighted by atomic mass is 9.99. The first-order chi connectivity index (χ1) is 13.3. The van der Waals surface area contributed by atoms with E-state index in [1.165, 1.54) is 0 Å². The summed E-state index contributed by atoms with van der Waals surface area (Å²) in [5, 5.41) is 16.4.